The van der Waals surface area contributed by atoms with Crippen molar-refractivity contribution < 1.29 is 23.8 Å². The third-order valence-electron chi connectivity index (χ3n) is 4.71. The molecule has 0 fully saturated rings. The van der Waals surface area contributed by atoms with Crippen LogP contribution in [0.15, 0.2) is 34.2 Å². The van der Waals surface area contributed by atoms with Gasteiger partial charge in [0.15, 0.2) is 22.3 Å². The minimum atomic E-state index is -0.646. The number of aromatic amines is 1. The highest BCUT2D eigenvalue weighted by Crippen LogP contribution is 2.27. The molecule has 2 heterocycles. The molecule has 1 aromatic carbocycles. The van der Waals surface area contributed by atoms with Gasteiger partial charge in [0.25, 0.3) is 5.56 Å². The van der Waals surface area contributed by atoms with Gasteiger partial charge in [-0.25, -0.2) is 14.8 Å². The van der Waals surface area contributed by atoms with Crippen LogP contribution in [-0.4, -0.2) is 60.5 Å². The van der Waals surface area contributed by atoms with E-state index in [1.165, 1.54) is 13.2 Å². The summed E-state index contributed by atoms with van der Waals surface area (Å²) in [5, 5.41) is 3.12. The van der Waals surface area contributed by atoms with Crippen molar-refractivity contribution in [1.29, 1.82) is 0 Å². The zero-order valence-electron chi connectivity index (χ0n) is 18.7. The van der Waals surface area contributed by atoms with Gasteiger partial charge in [-0.2, -0.15) is 0 Å². The number of thioether (sulfide) groups is 1. The third kappa shape index (κ3) is 5.80. The van der Waals surface area contributed by atoms with Crippen LogP contribution in [0.1, 0.15) is 21.6 Å². The predicted molar refractivity (Wildman–Crippen MR) is 123 cm³/mol. The molecule has 1 amide bonds. The zero-order valence-corrected chi connectivity index (χ0v) is 19.5. The molecule has 33 heavy (non-hydrogen) atoms. The van der Waals surface area contributed by atoms with E-state index >= 15 is 0 Å². The molecule has 0 saturated carbocycles. The maximum Gasteiger partial charge on any atom is 0.338 e. The van der Waals surface area contributed by atoms with Crippen LogP contribution in [-0.2, 0) is 16.0 Å². The molecular weight excluding hydrogens is 448 g/mol. The molecule has 0 atom stereocenters. The number of nitrogens with zero attached hydrogens (tertiary/aromatic N) is 2. The first-order valence-corrected chi connectivity index (χ1v) is 10.9. The number of nitrogens with one attached hydrogen (secondary N) is 2. The number of H-pyrrole nitrogens is 1. The van der Waals surface area contributed by atoms with E-state index in [1.54, 1.807) is 21.1 Å². The lowest BCUT2D eigenvalue weighted by Crippen LogP contribution is -2.27. The maximum absolute atomic E-state index is 12.5. The van der Waals surface area contributed by atoms with Gasteiger partial charge < -0.3 is 24.5 Å². The number of carbonyl (C=O) groups excluding carboxylic acids is 2. The molecule has 0 spiro atoms. The molecule has 10 nitrogen and oxygen atoms in total. The summed E-state index contributed by atoms with van der Waals surface area (Å²) in [7, 11) is 4.38. The Bertz CT molecular complexity index is 1240. The van der Waals surface area contributed by atoms with Crippen LogP contribution in [0.2, 0.25) is 0 Å². The standard InChI is InChI=1S/C22H24N4O6S/c1-12-9-14(21(29)32-4)18-19(24-12)25-22(26-20(18)28)33-11-17(27)23-8-7-13-5-6-15(30-2)16(10-13)31-3/h5-6,9-10H,7-8,11H2,1-4H3,(H,23,27)(H,24,25,26,28). The van der Waals surface area contributed by atoms with Crippen molar-refractivity contribution in [3.8, 4) is 11.5 Å². The van der Waals surface area contributed by atoms with Gasteiger partial charge in [0, 0.05) is 12.2 Å². The number of hydrogen-bond acceptors (Lipinski definition) is 9. The average Bonchev–Trinajstić information content (AvgIpc) is 2.81. The van der Waals surface area contributed by atoms with Gasteiger partial charge in [0.05, 0.1) is 38.0 Å². The lowest BCUT2D eigenvalue weighted by atomic mass is 10.1. The highest BCUT2D eigenvalue weighted by Gasteiger charge is 2.18. The molecule has 0 unspecified atom stereocenters. The first-order chi connectivity index (χ1) is 15.9. The van der Waals surface area contributed by atoms with Crippen LogP contribution >= 0.6 is 11.8 Å². The second-order valence-electron chi connectivity index (χ2n) is 6.95. The highest BCUT2D eigenvalue weighted by molar-refractivity contribution is 7.99. The first-order valence-electron chi connectivity index (χ1n) is 9.96. The SMILES string of the molecule is COC(=O)c1cc(C)nc2nc(SCC(=O)NCCc3ccc(OC)c(OC)c3)[nH]c(=O)c12. The van der Waals surface area contributed by atoms with Gasteiger partial charge in [-0.1, -0.05) is 17.8 Å². The van der Waals surface area contributed by atoms with Gasteiger partial charge in [0.2, 0.25) is 5.91 Å². The Hall–Kier alpha value is -3.60. The van der Waals surface area contributed by atoms with Crippen molar-refractivity contribution in [3.05, 3.63) is 51.4 Å². The Labute approximate surface area is 194 Å². The van der Waals surface area contributed by atoms with Crippen LogP contribution in [0.5, 0.6) is 11.5 Å². The molecular formula is C22H24N4O6S. The second-order valence-corrected chi connectivity index (χ2v) is 7.91. The lowest BCUT2D eigenvalue weighted by Gasteiger charge is -2.10. The Morgan fingerprint density at radius 3 is 2.55 bits per heavy atom. The summed E-state index contributed by atoms with van der Waals surface area (Å²) in [5.74, 6) is 0.461. The van der Waals surface area contributed by atoms with Crippen LogP contribution in [0, 0.1) is 6.92 Å². The van der Waals surface area contributed by atoms with Gasteiger partial charge in [-0.05, 0) is 37.1 Å². The van der Waals surface area contributed by atoms with E-state index in [1.807, 2.05) is 18.2 Å². The molecule has 11 heteroatoms. The first kappa shape index (κ1) is 24.1. The van der Waals surface area contributed by atoms with E-state index in [0.717, 1.165) is 17.3 Å². The van der Waals surface area contributed by atoms with E-state index in [0.29, 0.717) is 30.2 Å². The molecule has 0 aliphatic heterocycles. The molecule has 2 aromatic heterocycles. The van der Waals surface area contributed by atoms with Gasteiger partial charge in [-0.3, -0.25) is 9.59 Å². The zero-order chi connectivity index (χ0) is 24.0. The number of carbonyl (C=O) groups is 2. The van der Waals surface area contributed by atoms with Crippen molar-refractivity contribution in [3.63, 3.8) is 0 Å². The lowest BCUT2D eigenvalue weighted by molar-refractivity contribution is -0.118. The molecule has 3 rings (SSSR count). The molecule has 0 bridgehead atoms. The number of pyridine rings is 1. The van der Waals surface area contributed by atoms with E-state index < -0.39 is 11.5 Å². The normalized spacial score (nSPS) is 10.7. The van der Waals surface area contributed by atoms with Crippen LogP contribution in [0.3, 0.4) is 0 Å². The van der Waals surface area contributed by atoms with E-state index in [4.69, 9.17) is 14.2 Å². The summed E-state index contributed by atoms with van der Waals surface area (Å²) in [5.41, 5.74) is 1.20. The predicted octanol–water partition coefficient (Wildman–Crippen LogP) is 1.88. The van der Waals surface area contributed by atoms with Crippen LogP contribution in [0.25, 0.3) is 11.0 Å². The number of hydrogen-bond donors (Lipinski definition) is 2. The Kier molecular flexibility index (Phi) is 7.88. The number of ether oxygens (including phenoxy) is 3. The number of aromatic nitrogens is 3. The van der Waals surface area contributed by atoms with Gasteiger partial charge in [-0.15, -0.1) is 0 Å². The fourth-order valence-corrected chi connectivity index (χ4v) is 3.84. The fourth-order valence-electron chi connectivity index (χ4n) is 3.15. The Morgan fingerprint density at radius 2 is 1.85 bits per heavy atom. The summed E-state index contributed by atoms with van der Waals surface area (Å²) in [6.07, 6.45) is 0.612. The second kappa shape index (κ2) is 10.8. The molecule has 2 N–H and O–H groups in total. The average molecular weight is 473 g/mol. The summed E-state index contributed by atoms with van der Waals surface area (Å²) < 4.78 is 15.2. The molecule has 0 saturated heterocycles. The van der Waals surface area contributed by atoms with E-state index in [-0.39, 0.29) is 33.4 Å². The fraction of sp³-hybridized carbons (Fsp3) is 0.318. The molecule has 0 aliphatic carbocycles. The number of benzene rings is 1. The van der Waals surface area contributed by atoms with Crippen molar-refractivity contribution in [2.75, 3.05) is 33.6 Å². The van der Waals surface area contributed by atoms with E-state index in [9.17, 15) is 14.4 Å². The summed E-state index contributed by atoms with van der Waals surface area (Å²) >= 11 is 1.07. The summed E-state index contributed by atoms with van der Waals surface area (Å²) in [6, 6.07) is 7.06. The minimum absolute atomic E-state index is 0.0516. The van der Waals surface area contributed by atoms with Gasteiger partial charge in [0.1, 0.15) is 0 Å². The number of amides is 1. The minimum Gasteiger partial charge on any atom is -0.493 e. The largest absolute Gasteiger partial charge is 0.493 e. The number of methoxy groups -OCH3 is 3. The Balaban J connectivity index is 1.62. The number of aryl methyl sites for hydroxylation is 1. The Morgan fingerprint density at radius 1 is 1.09 bits per heavy atom. The van der Waals surface area contributed by atoms with Crippen molar-refractivity contribution >= 4 is 34.7 Å². The van der Waals surface area contributed by atoms with Crippen LogP contribution in [0.4, 0.5) is 0 Å². The number of esters is 1. The molecule has 174 valence electrons. The highest BCUT2D eigenvalue weighted by atomic mass is 32.2. The quantitative estimate of drug-likeness (QED) is 0.272. The maximum atomic E-state index is 12.5. The van der Waals surface area contributed by atoms with Gasteiger partial charge >= 0.3 is 5.97 Å². The summed E-state index contributed by atoms with van der Waals surface area (Å²) in [4.78, 5) is 47.9. The van der Waals surface area contributed by atoms with Crippen molar-refractivity contribution in [2.24, 2.45) is 0 Å². The third-order valence-corrected chi connectivity index (χ3v) is 5.59. The molecule has 0 aliphatic rings. The monoisotopic (exact) mass is 472 g/mol. The smallest absolute Gasteiger partial charge is 0.338 e. The molecule has 0 radical (unpaired) electrons. The molecule has 3 aromatic rings. The van der Waals surface area contributed by atoms with Crippen molar-refractivity contribution in [1.82, 2.24) is 20.3 Å². The van der Waals surface area contributed by atoms with Crippen LogP contribution < -0.4 is 20.3 Å². The van der Waals surface area contributed by atoms with E-state index in [2.05, 4.69) is 20.3 Å². The number of fused-ring (bicyclic) bond motifs is 1. The summed E-state index contributed by atoms with van der Waals surface area (Å²) in [6.45, 7) is 2.12. The van der Waals surface area contributed by atoms with Crippen molar-refractivity contribution in [2.45, 2.75) is 18.5 Å². The number of rotatable bonds is 9. The topological polar surface area (TPSA) is 132 Å².